The molecule has 146 valence electrons. The predicted octanol–water partition coefficient (Wildman–Crippen LogP) is 2.07. The maximum atomic E-state index is 5.91. The number of nitrogens with two attached hydrogens (primary N) is 1. The van der Waals surface area contributed by atoms with Crippen LogP contribution >= 0.6 is 24.8 Å². The summed E-state index contributed by atoms with van der Waals surface area (Å²) in [7, 11) is 5.55. The molecule has 0 atom stereocenters. The summed E-state index contributed by atoms with van der Waals surface area (Å²) >= 11 is 0. The smallest absolute Gasteiger partial charge is 0.227 e. The fraction of sp³-hybridized carbons (Fsp3) is 0.562. The van der Waals surface area contributed by atoms with E-state index in [1.54, 1.807) is 7.11 Å². The third-order valence-corrected chi connectivity index (χ3v) is 4.16. The van der Waals surface area contributed by atoms with E-state index in [1.807, 2.05) is 31.1 Å². The molecule has 2 aromatic rings. The van der Waals surface area contributed by atoms with Gasteiger partial charge in [0.1, 0.15) is 5.82 Å². The Labute approximate surface area is 166 Å². The Morgan fingerprint density at radius 1 is 1.27 bits per heavy atom. The number of nitrogens with zero attached hydrogens (tertiary/aromatic N) is 4. The van der Waals surface area contributed by atoms with E-state index in [0.29, 0.717) is 31.1 Å². The molecule has 0 aromatic carbocycles. The number of H-pyrrole nitrogens is 1. The fourth-order valence-corrected chi connectivity index (χ4v) is 2.76. The zero-order chi connectivity index (χ0) is 17.1. The van der Waals surface area contributed by atoms with E-state index < -0.39 is 0 Å². The van der Waals surface area contributed by atoms with Crippen LogP contribution in [0.4, 0.5) is 11.8 Å². The zero-order valence-electron chi connectivity index (χ0n) is 15.2. The van der Waals surface area contributed by atoms with Crippen molar-refractivity contribution in [3.05, 3.63) is 29.2 Å². The van der Waals surface area contributed by atoms with Gasteiger partial charge in [-0.05, 0) is 18.9 Å². The van der Waals surface area contributed by atoms with Crippen molar-refractivity contribution in [3.8, 4) is 0 Å². The Morgan fingerprint density at radius 3 is 2.62 bits per heavy atom. The van der Waals surface area contributed by atoms with Crippen LogP contribution in [0.2, 0.25) is 0 Å². The molecule has 0 bridgehead atoms. The zero-order valence-corrected chi connectivity index (χ0v) is 16.9. The molecule has 1 fully saturated rings. The number of ether oxygens (including phenoxy) is 1. The summed E-state index contributed by atoms with van der Waals surface area (Å²) < 4.78 is 5.08. The van der Waals surface area contributed by atoms with Gasteiger partial charge < -0.3 is 20.7 Å². The highest BCUT2D eigenvalue weighted by Crippen LogP contribution is 2.35. The fourth-order valence-electron chi connectivity index (χ4n) is 2.76. The van der Waals surface area contributed by atoms with Crippen molar-refractivity contribution in [1.82, 2.24) is 20.2 Å². The van der Waals surface area contributed by atoms with E-state index in [9.17, 15) is 0 Å². The molecule has 0 spiro atoms. The number of aromatic amines is 1. The van der Waals surface area contributed by atoms with Crippen LogP contribution in [0.3, 0.4) is 0 Å². The van der Waals surface area contributed by atoms with Gasteiger partial charge >= 0.3 is 0 Å². The van der Waals surface area contributed by atoms with Gasteiger partial charge in [0.25, 0.3) is 0 Å². The van der Waals surface area contributed by atoms with Crippen molar-refractivity contribution in [2.45, 2.75) is 38.0 Å². The van der Waals surface area contributed by atoms with Crippen molar-refractivity contribution >= 4 is 36.6 Å². The Morgan fingerprint density at radius 2 is 2.00 bits per heavy atom. The number of hydrogen-bond acceptors (Lipinski definition) is 7. The lowest BCUT2D eigenvalue weighted by atomic mass is 9.78. The Kier molecular flexibility index (Phi) is 8.55. The normalized spacial score (nSPS) is 18.3. The molecule has 1 aliphatic carbocycles. The number of nitrogens with one attached hydrogen (secondary N) is 2. The molecule has 0 amide bonds. The molecule has 4 N–H and O–H groups in total. The van der Waals surface area contributed by atoms with Crippen LogP contribution < -0.4 is 16.0 Å². The Hall–Kier alpha value is -1.61. The summed E-state index contributed by atoms with van der Waals surface area (Å²) in [5.41, 5.74) is 8.84. The minimum atomic E-state index is 0. The molecule has 8 nitrogen and oxygen atoms in total. The van der Waals surface area contributed by atoms with Gasteiger partial charge in [0.05, 0.1) is 30.2 Å². The maximum Gasteiger partial charge on any atom is 0.227 e. The molecular formula is C16H27Cl2N7O. The third kappa shape index (κ3) is 5.44. The Balaban J connectivity index is 0.00000169. The number of rotatable bonds is 7. The van der Waals surface area contributed by atoms with Crippen LogP contribution in [0.5, 0.6) is 0 Å². The van der Waals surface area contributed by atoms with Crippen LogP contribution in [0, 0.1) is 0 Å². The van der Waals surface area contributed by atoms with Gasteiger partial charge in [-0.1, -0.05) is 0 Å². The van der Waals surface area contributed by atoms with Crippen LogP contribution in [-0.4, -0.2) is 47.4 Å². The van der Waals surface area contributed by atoms with Crippen LogP contribution in [-0.2, 0) is 17.9 Å². The first kappa shape index (κ1) is 22.4. The molecule has 0 radical (unpaired) electrons. The minimum Gasteiger partial charge on any atom is -0.378 e. The van der Waals surface area contributed by atoms with E-state index in [-0.39, 0.29) is 24.8 Å². The molecule has 0 aliphatic heterocycles. The summed E-state index contributed by atoms with van der Waals surface area (Å²) in [6, 6.07) is 4.31. The van der Waals surface area contributed by atoms with Gasteiger partial charge in [0.15, 0.2) is 0 Å². The largest absolute Gasteiger partial charge is 0.378 e. The summed E-state index contributed by atoms with van der Waals surface area (Å²) in [6.45, 7) is 1.12. The molecule has 1 aliphatic rings. The van der Waals surface area contributed by atoms with Gasteiger partial charge in [-0.3, -0.25) is 5.10 Å². The van der Waals surface area contributed by atoms with Crippen molar-refractivity contribution < 1.29 is 4.74 Å². The van der Waals surface area contributed by atoms with Crippen LogP contribution in [0.25, 0.3) is 0 Å². The maximum absolute atomic E-state index is 5.91. The van der Waals surface area contributed by atoms with Crippen molar-refractivity contribution in [1.29, 1.82) is 0 Å². The first-order valence-electron chi connectivity index (χ1n) is 8.13. The molecule has 0 saturated heterocycles. The molecule has 3 rings (SSSR count). The summed E-state index contributed by atoms with van der Waals surface area (Å²) in [4.78, 5) is 11.1. The number of methoxy groups -OCH3 is 1. The van der Waals surface area contributed by atoms with E-state index >= 15 is 0 Å². The van der Waals surface area contributed by atoms with Crippen LogP contribution in [0.1, 0.15) is 35.8 Å². The Bertz CT molecular complexity index is 689. The molecule has 2 aromatic heterocycles. The van der Waals surface area contributed by atoms with E-state index in [2.05, 4.69) is 25.5 Å². The second-order valence-corrected chi connectivity index (χ2v) is 6.47. The van der Waals surface area contributed by atoms with Gasteiger partial charge in [-0.25, -0.2) is 4.98 Å². The summed E-state index contributed by atoms with van der Waals surface area (Å²) in [6.07, 6.45) is 1.98. The number of halogens is 2. The van der Waals surface area contributed by atoms with Gasteiger partial charge in [0, 0.05) is 39.2 Å². The van der Waals surface area contributed by atoms with Crippen molar-refractivity contribution in [3.63, 3.8) is 0 Å². The molecule has 1 saturated carbocycles. The lowest BCUT2D eigenvalue weighted by Crippen LogP contribution is -2.35. The van der Waals surface area contributed by atoms with E-state index in [4.69, 9.17) is 10.5 Å². The predicted molar refractivity (Wildman–Crippen MR) is 107 cm³/mol. The first-order chi connectivity index (χ1) is 11.5. The highest BCUT2D eigenvalue weighted by atomic mass is 35.5. The van der Waals surface area contributed by atoms with Gasteiger partial charge in [0.2, 0.25) is 5.95 Å². The second-order valence-electron chi connectivity index (χ2n) is 6.47. The number of hydrogen-bond donors (Lipinski definition) is 3. The molecule has 2 heterocycles. The summed E-state index contributed by atoms with van der Waals surface area (Å²) in [5, 5.41) is 10.5. The lowest BCUT2D eigenvalue weighted by Gasteiger charge is -2.32. The van der Waals surface area contributed by atoms with Gasteiger partial charge in [-0.2, -0.15) is 10.1 Å². The number of anilines is 2. The quantitative estimate of drug-likeness (QED) is 0.649. The molecule has 26 heavy (non-hydrogen) atoms. The lowest BCUT2D eigenvalue weighted by molar-refractivity contribution is 0.181. The molecule has 10 heteroatoms. The minimum absolute atomic E-state index is 0. The van der Waals surface area contributed by atoms with Gasteiger partial charge in [-0.15, -0.1) is 24.8 Å². The van der Waals surface area contributed by atoms with Crippen LogP contribution in [0.15, 0.2) is 12.1 Å². The number of aromatic nitrogens is 4. The van der Waals surface area contributed by atoms with E-state index in [1.165, 1.54) is 0 Å². The van der Waals surface area contributed by atoms with Crippen molar-refractivity contribution in [2.24, 2.45) is 5.73 Å². The highest BCUT2D eigenvalue weighted by molar-refractivity contribution is 5.85. The third-order valence-electron chi connectivity index (χ3n) is 4.16. The average Bonchev–Trinajstić information content (AvgIpc) is 2.97. The van der Waals surface area contributed by atoms with Crippen molar-refractivity contribution in [2.75, 3.05) is 31.4 Å². The standard InChI is InChI=1S/C16H25N7O.2ClH/c1-23(2)16-19-14(10-4-11(17)5-10)7-15(20-16)18-8-12-6-13(9-24-3)22-21-12;;/h6-7,10-11H,4-5,8-9,17H2,1-3H3,(H,21,22)(H,18,19,20);2*1H. The second kappa shape index (κ2) is 9.91. The summed E-state index contributed by atoms with van der Waals surface area (Å²) in [5.74, 6) is 1.95. The van der Waals surface area contributed by atoms with E-state index in [0.717, 1.165) is 35.7 Å². The molecule has 0 unspecified atom stereocenters. The monoisotopic (exact) mass is 403 g/mol. The SMILES string of the molecule is COCc1cc(CNc2cc(C3CC(N)C3)nc(N(C)C)n2)[nH]n1.Cl.Cl. The average molecular weight is 404 g/mol. The first-order valence-corrected chi connectivity index (χ1v) is 8.13. The molecular weight excluding hydrogens is 377 g/mol. The highest BCUT2D eigenvalue weighted by Gasteiger charge is 2.29. The topological polar surface area (TPSA) is 105 Å².